The summed E-state index contributed by atoms with van der Waals surface area (Å²) in [6.45, 7) is 1.68. The molecule has 0 saturated carbocycles. The Kier molecular flexibility index (Phi) is 8.41. The SMILES string of the molecule is [N-]=[N+]=NCCCN.[N-]=[N+]=NCCCN1C(=O)c2ccccc2C1=O. The van der Waals surface area contributed by atoms with Crippen molar-refractivity contribution in [2.24, 2.45) is 16.0 Å². The molecule has 0 saturated heterocycles. The number of nitrogens with two attached hydrogens (primary N) is 1. The van der Waals surface area contributed by atoms with Crippen LogP contribution >= 0.6 is 0 Å². The maximum Gasteiger partial charge on any atom is 0.261 e. The van der Waals surface area contributed by atoms with Gasteiger partial charge in [-0.3, -0.25) is 14.5 Å². The van der Waals surface area contributed by atoms with E-state index in [1.807, 2.05) is 0 Å². The number of nitrogens with zero attached hydrogens (tertiary/aromatic N) is 7. The van der Waals surface area contributed by atoms with Gasteiger partial charge in [-0.05, 0) is 42.6 Å². The molecule has 1 aliphatic heterocycles. The first-order valence-electron chi connectivity index (χ1n) is 7.34. The van der Waals surface area contributed by atoms with Crippen LogP contribution in [-0.4, -0.2) is 42.9 Å². The number of imide groups is 1. The number of fused-ring (bicyclic) bond motifs is 1. The molecule has 2 rings (SSSR count). The summed E-state index contributed by atoms with van der Waals surface area (Å²) in [4.78, 5) is 30.1. The van der Waals surface area contributed by atoms with Gasteiger partial charge in [-0.25, -0.2) is 0 Å². The van der Waals surface area contributed by atoms with Crippen molar-refractivity contribution in [2.75, 3.05) is 26.2 Å². The van der Waals surface area contributed by atoms with Gasteiger partial charge in [0.25, 0.3) is 11.8 Å². The van der Waals surface area contributed by atoms with E-state index in [9.17, 15) is 9.59 Å². The Morgan fingerprint density at radius 3 is 1.92 bits per heavy atom. The lowest BCUT2D eigenvalue weighted by Crippen LogP contribution is -2.31. The summed E-state index contributed by atoms with van der Waals surface area (Å²) in [7, 11) is 0. The fourth-order valence-electron chi connectivity index (χ4n) is 1.99. The van der Waals surface area contributed by atoms with Crippen LogP contribution < -0.4 is 5.73 Å². The lowest BCUT2D eigenvalue weighted by Gasteiger charge is -2.12. The molecule has 1 aromatic rings. The van der Waals surface area contributed by atoms with Crippen LogP contribution in [0.5, 0.6) is 0 Å². The van der Waals surface area contributed by atoms with E-state index >= 15 is 0 Å². The Balaban J connectivity index is 0.000000351. The van der Waals surface area contributed by atoms with Gasteiger partial charge in [-0.2, -0.15) is 0 Å². The predicted octanol–water partition coefficient (Wildman–Crippen LogP) is 2.63. The van der Waals surface area contributed by atoms with E-state index < -0.39 is 0 Å². The van der Waals surface area contributed by atoms with E-state index in [0.29, 0.717) is 30.6 Å². The summed E-state index contributed by atoms with van der Waals surface area (Å²) in [5.74, 6) is -0.543. The molecule has 2 amide bonds. The number of hydrogen-bond donors (Lipinski definition) is 1. The number of carbonyl (C=O) groups is 2. The summed E-state index contributed by atoms with van der Waals surface area (Å²) in [6.07, 6.45) is 1.26. The number of amides is 2. The van der Waals surface area contributed by atoms with Gasteiger partial charge in [0.15, 0.2) is 0 Å². The molecule has 126 valence electrons. The molecule has 0 radical (unpaired) electrons. The van der Waals surface area contributed by atoms with Gasteiger partial charge < -0.3 is 5.73 Å². The average molecular weight is 330 g/mol. The zero-order chi connectivity index (χ0) is 17.8. The molecular weight excluding hydrogens is 312 g/mol. The molecule has 2 N–H and O–H groups in total. The van der Waals surface area contributed by atoms with Crippen molar-refractivity contribution >= 4 is 11.8 Å². The van der Waals surface area contributed by atoms with Crippen LogP contribution in [-0.2, 0) is 0 Å². The molecular formula is C14H18N8O2. The Labute approximate surface area is 138 Å². The highest BCUT2D eigenvalue weighted by Crippen LogP contribution is 2.22. The van der Waals surface area contributed by atoms with Gasteiger partial charge in [0.1, 0.15) is 0 Å². The molecule has 10 nitrogen and oxygen atoms in total. The van der Waals surface area contributed by atoms with Crippen LogP contribution in [0.3, 0.4) is 0 Å². The van der Waals surface area contributed by atoms with Gasteiger partial charge in [0.05, 0.1) is 11.1 Å². The minimum atomic E-state index is -0.272. The van der Waals surface area contributed by atoms with Gasteiger partial charge in [0.2, 0.25) is 0 Å². The van der Waals surface area contributed by atoms with Crippen molar-refractivity contribution in [1.29, 1.82) is 0 Å². The van der Waals surface area contributed by atoms with E-state index in [1.165, 1.54) is 4.90 Å². The first kappa shape index (κ1) is 19.0. The molecule has 0 unspecified atom stereocenters. The fraction of sp³-hybridized carbons (Fsp3) is 0.429. The van der Waals surface area contributed by atoms with Crippen LogP contribution in [0.4, 0.5) is 0 Å². The number of carbonyl (C=O) groups excluding carboxylic acids is 2. The summed E-state index contributed by atoms with van der Waals surface area (Å²) in [5.41, 5.74) is 21.8. The van der Waals surface area contributed by atoms with E-state index in [0.717, 1.165) is 6.42 Å². The van der Waals surface area contributed by atoms with Gasteiger partial charge in [-0.15, -0.1) is 0 Å². The molecule has 0 atom stereocenters. The summed E-state index contributed by atoms with van der Waals surface area (Å²) in [5, 5.41) is 6.63. The smallest absolute Gasteiger partial charge is 0.261 e. The standard InChI is InChI=1S/C11H10N4O2.C3H8N4/c12-14-13-6-3-7-15-10(16)8-4-1-2-5-9(8)11(15)17;4-2-1-3-6-7-5/h1-2,4-5H,3,6-7H2;1-4H2. The predicted molar refractivity (Wildman–Crippen MR) is 88.1 cm³/mol. The van der Waals surface area contributed by atoms with Crippen molar-refractivity contribution < 1.29 is 9.59 Å². The number of rotatable bonds is 7. The molecule has 0 aliphatic carbocycles. The Hall–Kier alpha value is -3.06. The van der Waals surface area contributed by atoms with Crippen molar-refractivity contribution in [2.45, 2.75) is 12.8 Å². The van der Waals surface area contributed by atoms with Crippen LogP contribution in [0.25, 0.3) is 20.9 Å². The number of benzene rings is 1. The first-order chi connectivity index (χ1) is 11.7. The maximum atomic E-state index is 11.9. The molecule has 1 aromatic carbocycles. The molecule has 1 heterocycles. The third-order valence-corrected chi connectivity index (χ3v) is 3.11. The minimum Gasteiger partial charge on any atom is -0.330 e. The van der Waals surface area contributed by atoms with Crippen molar-refractivity contribution in [3.63, 3.8) is 0 Å². The van der Waals surface area contributed by atoms with Crippen LogP contribution in [0, 0.1) is 0 Å². The highest BCUT2D eigenvalue weighted by atomic mass is 16.2. The summed E-state index contributed by atoms with van der Waals surface area (Å²) >= 11 is 0. The van der Waals surface area contributed by atoms with Gasteiger partial charge in [0, 0.05) is 29.5 Å². The second kappa shape index (κ2) is 10.6. The normalized spacial score (nSPS) is 11.8. The molecule has 0 aromatic heterocycles. The average Bonchev–Trinajstić information content (AvgIpc) is 2.85. The summed E-state index contributed by atoms with van der Waals surface area (Å²) < 4.78 is 0. The largest absolute Gasteiger partial charge is 0.330 e. The van der Waals surface area contributed by atoms with Crippen LogP contribution in [0.15, 0.2) is 34.5 Å². The minimum absolute atomic E-state index is 0.272. The third kappa shape index (κ3) is 5.29. The van der Waals surface area contributed by atoms with Crippen molar-refractivity contribution in [3.8, 4) is 0 Å². The number of hydrogen-bond acceptors (Lipinski definition) is 5. The van der Waals surface area contributed by atoms with Crippen molar-refractivity contribution in [3.05, 3.63) is 56.3 Å². The van der Waals surface area contributed by atoms with Gasteiger partial charge >= 0.3 is 0 Å². The van der Waals surface area contributed by atoms with E-state index in [-0.39, 0.29) is 24.9 Å². The maximum absolute atomic E-state index is 11.9. The van der Waals surface area contributed by atoms with E-state index in [1.54, 1.807) is 24.3 Å². The van der Waals surface area contributed by atoms with Crippen LogP contribution in [0.2, 0.25) is 0 Å². The van der Waals surface area contributed by atoms with E-state index in [2.05, 4.69) is 20.1 Å². The van der Waals surface area contributed by atoms with E-state index in [4.69, 9.17) is 16.8 Å². The molecule has 24 heavy (non-hydrogen) atoms. The highest BCUT2D eigenvalue weighted by molar-refractivity contribution is 6.21. The topological polar surface area (TPSA) is 161 Å². The first-order valence-corrected chi connectivity index (χ1v) is 7.34. The van der Waals surface area contributed by atoms with Crippen molar-refractivity contribution in [1.82, 2.24) is 4.90 Å². The highest BCUT2D eigenvalue weighted by Gasteiger charge is 2.34. The zero-order valence-electron chi connectivity index (χ0n) is 13.1. The molecule has 1 aliphatic rings. The Bertz CT molecular complexity index is 642. The summed E-state index contributed by atoms with van der Waals surface area (Å²) in [6, 6.07) is 6.74. The van der Waals surface area contributed by atoms with Gasteiger partial charge in [-0.1, -0.05) is 22.4 Å². The fourth-order valence-corrected chi connectivity index (χ4v) is 1.99. The Morgan fingerprint density at radius 1 is 0.958 bits per heavy atom. The van der Waals surface area contributed by atoms with Crippen LogP contribution in [0.1, 0.15) is 33.6 Å². The second-order valence-electron chi connectivity index (χ2n) is 4.71. The Morgan fingerprint density at radius 2 is 1.46 bits per heavy atom. The molecule has 0 bridgehead atoms. The lowest BCUT2D eigenvalue weighted by atomic mass is 10.1. The molecule has 0 fully saturated rings. The third-order valence-electron chi connectivity index (χ3n) is 3.11. The molecule has 0 spiro atoms. The zero-order valence-corrected chi connectivity index (χ0v) is 13.1. The second-order valence-corrected chi connectivity index (χ2v) is 4.71. The lowest BCUT2D eigenvalue weighted by molar-refractivity contribution is 0.0653. The quantitative estimate of drug-likeness (QED) is 0.268. The number of azide groups is 2. The molecule has 10 heteroatoms. The monoisotopic (exact) mass is 330 g/mol.